The number of ether oxygens (including phenoxy) is 1. The first-order valence-electron chi connectivity index (χ1n) is 11.9. The molecule has 4 aromatic carbocycles. The van der Waals surface area contributed by atoms with Gasteiger partial charge in [-0.1, -0.05) is 48.5 Å². The molecule has 0 amide bonds. The van der Waals surface area contributed by atoms with Gasteiger partial charge in [0, 0.05) is 19.1 Å². The lowest BCUT2D eigenvalue weighted by atomic mass is 10.0. The molecule has 0 saturated heterocycles. The second-order valence-electron chi connectivity index (χ2n) is 8.59. The fourth-order valence-electron chi connectivity index (χ4n) is 3.89. The molecule has 208 valence electrons. The van der Waals surface area contributed by atoms with E-state index in [-0.39, 0.29) is 43.6 Å². The van der Waals surface area contributed by atoms with Gasteiger partial charge in [-0.3, -0.25) is 9.59 Å². The van der Waals surface area contributed by atoms with Crippen LogP contribution in [0, 0.1) is 0 Å². The number of rotatable bonds is 8. The number of esters is 1. The molecule has 0 aliphatic carbocycles. The molecule has 0 spiro atoms. The van der Waals surface area contributed by atoms with Crippen LogP contribution in [0.15, 0.2) is 122 Å². The van der Waals surface area contributed by atoms with E-state index in [0.717, 1.165) is 19.3 Å². The molecule has 0 unspecified atom stereocenters. The van der Waals surface area contributed by atoms with Gasteiger partial charge >= 0.3 is 26.2 Å². The Bertz CT molecular complexity index is 2020. The van der Waals surface area contributed by atoms with Gasteiger partial charge in [0.05, 0.1) is 5.56 Å². The Hall–Kier alpha value is -4.94. The molecule has 10 nitrogen and oxygen atoms in total. The van der Waals surface area contributed by atoms with Crippen LogP contribution in [-0.2, 0) is 25.0 Å². The van der Waals surface area contributed by atoms with Crippen LogP contribution >= 0.6 is 0 Å². The molecule has 0 fully saturated rings. The Labute approximate surface area is 234 Å². The van der Waals surface area contributed by atoms with E-state index in [1.54, 1.807) is 24.3 Å². The maximum atomic E-state index is 13.5. The minimum atomic E-state index is -4.24. The summed E-state index contributed by atoms with van der Waals surface area (Å²) in [5.74, 6) is -1.25. The molecule has 0 N–H and O–H groups in total. The van der Waals surface area contributed by atoms with Crippen molar-refractivity contribution in [3.8, 4) is 28.4 Å². The summed E-state index contributed by atoms with van der Waals surface area (Å²) in [5.41, 5.74) is -0.268. The van der Waals surface area contributed by atoms with E-state index in [1.807, 2.05) is 0 Å². The van der Waals surface area contributed by atoms with Crippen LogP contribution in [0.3, 0.4) is 0 Å². The van der Waals surface area contributed by atoms with Crippen LogP contribution < -0.4 is 18.5 Å². The largest absolute Gasteiger partial charge is 0.463 e. The van der Waals surface area contributed by atoms with Crippen LogP contribution in [0.25, 0.3) is 22.1 Å². The van der Waals surface area contributed by atoms with Gasteiger partial charge in [0.2, 0.25) is 5.43 Å². The summed E-state index contributed by atoms with van der Waals surface area (Å²) in [7, 11) is -8.30. The van der Waals surface area contributed by atoms with Crippen molar-refractivity contribution in [1.82, 2.24) is 0 Å². The fourth-order valence-corrected chi connectivity index (χ4v) is 5.78. The van der Waals surface area contributed by atoms with Crippen molar-refractivity contribution in [3.63, 3.8) is 0 Å². The fraction of sp³-hybridized carbons (Fsp3) is 0.0345. The van der Waals surface area contributed by atoms with Gasteiger partial charge in [-0.15, -0.1) is 0 Å². The standard InChI is InChI=1S/C29H20O10S2/c1-19(30)37-27-17-22(39-41(34,35)24-10-6-3-7-11-24)16-26-28(27)29(31)25(18-36-26)20-12-14-21(15-13-20)38-40(32,33)23-8-4-2-5-9-23/h2-18H,1H3. The highest BCUT2D eigenvalue weighted by atomic mass is 32.2. The molecule has 0 atom stereocenters. The van der Waals surface area contributed by atoms with Crippen LogP contribution in [0.4, 0.5) is 0 Å². The summed E-state index contributed by atoms with van der Waals surface area (Å²) in [6.45, 7) is 1.12. The van der Waals surface area contributed by atoms with E-state index in [1.165, 1.54) is 66.7 Å². The first kappa shape index (κ1) is 27.6. The van der Waals surface area contributed by atoms with Crippen molar-refractivity contribution in [2.45, 2.75) is 16.7 Å². The average Bonchev–Trinajstić information content (AvgIpc) is 2.94. The van der Waals surface area contributed by atoms with E-state index in [2.05, 4.69) is 0 Å². The van der Waals surface area contributed by atoms with Crippen molar-refractivity contribution in [3.05, 3.63) is 114 Å². The summed E-state index contributed by atoms with van der Waals surface area (Å²) >= 11 is 0. The van der Waals surface area contributed by atoms with Gasteiger partial charge in [-0.25, -0.2) is 0 Å². The third-order valence-corrected chi connectivity index (χ3v) is 8.23. The lowest BCUT2D eigenvalue weighted by Gasteiger charge is -2.12. The smallest absolute Gasteiger partial charge is 0.339 e. The van der Waals surface area contributed by atoms with Crippen LogP contribution in [0.5, 0.6) is 17.2 Å². The Morgan fingerprint density at radius 1 is 0.707 bits per heavy atom. The summed E-state index contributed by atoms with van der Waals surface area (Å²) < 4.78 is 71.6. The van der Waals surface area contributed by atoms with E-state index in [0.29, 0.717) is 5.56 Å². The molecule has 41 heavy (non-hydrogen) atoms. The second-order valence-corrected chi connectivity index (χ2v) is 11.7. The van der Waals surface area contributed by atoms with Gasteiger partial charge in [0.25, 0.3) is 0 Å². The number of carbonyl (C=O) groups is 1. The van der Waals surface area contributed by atoms with Crippen molar-refractivity contribution in [2.75, 3.05) is 0 Å². The molecule has 5 aromatic rings. The van der Waals surface area contributed by atoms with E-state index >= 15 is 0 Å². The van der Waals surface area contributed by atoms with Gasteiger partial charge in [0.15, 0.2) is 0 Å². The Morgan fingerprint density at radius 3 is 1.78 bits per heavy atom. The van der Waals surface area contributed by atoms with Gasteiger partial charge in [-0.05, 0) is 42.0 Å². The quantitative estimate of drug-likeness (QED) is 0.138. The van der Waals surface area contributed by atoms with E-state index in [9.17, 15) is 26.4 Å². The Balaban J connectivity index is 1.50. The summed E-state index contributed by atoms with van der Waals surface area (Å²) in [4.78, 5) is 25.2. The van der Waals surface area contributed by atoms with Crippen molar-refractivity contribution >= 4 is 37.2 Å². The van der Waals surface area contributed by atoms with Crippen LogP contribution in [0.2, 0.25) is 0 Å². The number of carbonyl (C=O) groups excluding carboxylic acids is 1. The number of benzene rings is 4. The molecular weight excluding hydrogens is 572 g/mol. The zero-order valence-corrected chi connectivity index (χ0v) is 22.8. The van der Waals surface area contributed by atoms with E-state index < -0.39 is 31.6 Å². The molecule has 0 aliphatic heterocycles. The maximum Gasteiger partial charge on any atom is 0.339 e. The molecule has 1 aromatic heterocycles. The van der Waals surface area contributed by atoms with Crippen LogP contribution in [-0.4, -0.2) is 22.8 Å². The van der Waals surface area contributed by atoms with Gasteiger partial charge in [0.1, 0.15) is 44.3 Å². The first-order chi connectivity index (χ1) is 19.5. The molecule has 0 aliphatic rings. The second kappa shape index (κ2) is 10.9. The average molecular weight is 593 g/mol. The highest BCUT2D eigenvalue weighted by Gasteiger charge is 2.22. The normalized spacial score (nSPS) is 11.6. The number of hydrogen-bond acceptors (Lipinski definition) is 10. The lowest BCUT2D eigenvalue weighted by Crippen LogP contribution is -2.12. The highest BCUT2D eigenvalue weighted by Crippen LogP contribution is 2.33. The highest BCUT2D eigenvalue weighted by molar-refractivity contribution is 7.87. The molecule has 1 heterocycles. The third kappa shape index (κ3) is 5.98. The van der Waals surface area contributed by atoms with Gasteiger partial charge in [-0.2, -0.15) is 16.8 Å². The maximum absolute atomic E-state index is 13.5. The molecular formula is C29H20O10S2. The van der Waals surface area contributed by atoms with Gasteiger partial charge < -0.3 is 17.5 Å². The summed E-state index contributed by atoms with van der Waals surface area (Å²) in [6, 6.07) is 23.0. The Morgan fingerprint density at radius 2 is 1.24 bits per heavy atom. The zero-order chi connectivity index (χ0) is 29.2. The topological polar surface area (TPSA) is 143 Å². The Kier molecular flexibility index (Phi) is 7.35. The molecule has 0 bridgehead atoms. The van der Waals surface area contributed by atoms with Crippen molar-refractivity contribution < 1.29 is 39.2 Å². The minimum absolute atomic E-state index is 0.0165. The number of fused-ring (bicyclic) bond motifs is 1. The zero-order valence-electron chi connectivity index (χ0n) is 21.2. The lowest BCUT2D eigenvalue weighted by molar-refractivity contribution is -0.131. The monoisotopic (exact) mass is 592 g/mol. The predicted octanol–water partition coefficient (Wildman–Crippen LogP) is 4.92. The van der Waals surface area contributed by atoms with E-state index in [4.69, 9.17) is 17.5 Å². The molecule has 12 heteroatoms. The molecule has 5 rings (SSSR count). The minimum Gasteiger partial charge on any atom is -0.463 e. The molecule has 0 saturated carbocycles. The summed E-state index contributed by atoms with van der Waals surface area (Å²) in [5, 5.41) is -0.130. The third-order valence-electron chi connectivity index (χ3n) is 5.71. The van der Waals surface area contributed by atoms with Crippen LogP contribution in [0.1, 0.15) is 6.92 Å². The van der Waals surface area contributed by atoms with Crippen molar-refractivity contribution in [1.29, 1.82) is 0 Å². The van der Waals surface area contributed by atoms with Crippen molar-refractivity contribution in [2.24, 2.45) is 0 Å². The summed E-state index contributed by atoms with van der Waals surface area (Å²) in [6.07, 6.45) is 1.15. The predicted molar refractivity (Wildman–Crippen MR) is 148 cm³/mol. The first-order valence-corrected chi connectivity index (χ1v) is 14.7. The SMILES string of the molecule is CC(=O)Oc1cc(OS(=O)(=O)c2ccccc2)cc2occ(-c3ccc(OS(=O)(=O)c4ccccc4)cc3)c(=O)c12. The molecule has 0 radical (unpaired) electrons. The number of hydrogen-bond donors (Lipinski definition) is 0.